The highest BCUT2D eigenvalue weighted by Crippen LogP contribution is 2.19. The third-order valence-corrected chi connectivity index (χ3v) is 15.7. The molecule has 36 heteroatoms. The van der Waals surface area contributed by atoms with Gasteiger partial charge in [0.25, 0.3) is 0 Å². The van der Waals surface area contributed by atoms with Crippen molar-refractivity contribution in [3.8, 4) is 5.75 Å². The molecule has 1 aliphatic heterocycles. The molecule has 0 aliphatic carbocycles. The van der Waals surface area contributed by atoms with Gasteiger partial charge in [-0.15, -0.1) is 0 Å². The molecule has 0 unspecified atom stereocenters. The number of nitrogens with zero attached hydrogens (tertiary/aromatic N) is 2. The molecule has 27 N–H and O–H groups in total. The quantitative estimate of drug-likeness (QED) is 0.0125. The van der Waals surface area contributed by atoms with Crippen molar-refractivity contribution in [2.24, 2.45) is 51.0 Å². The van der Waals surface area contributed by atoms with E-state index in [-0.39, 0.29) is 108 Å². The molecule has 2 rings (SSSR count). The summed E-state index contributed by atoms with van der Waals surface area (Å²) in [5, 5.41) is 46.9. The van der Waals surface area contributed by atoms with Gasteiger partial charge in [0.1, 0.15) is 60.6 Å². The molecule has 0 saturated carbocycles. The number of thiol groups is 1. The fraction of sp³-hybridized carbons (Fsp3) is 0.667. The van der Waals surface area contributed by atoms with Crippen LogP contribution in [-0.4, -0.2) is 224 Å². The lowest BCUT2D eigenvalue weighted by molar-refractivity contribution is -0.140. The van der Waals surface area contributed by atoms with Gasteiger partial charge < -0.3 is 114 Å². The van der Waals surface area contributed by atoms with Crippen LogP contribution in [0.3, 0.4) is 0 Å². The van der Waals surface area contributed by atoms with Crippen LogP contribution in [0.4, 0.5) is 0 Å². The van der Waals surface area contributed by atoms with Crippen LogP contribution in [-0.2, 0) is 68.7 Å². The van der Waals surface area contributed by atoms with Crippen molar-refractivity contribution in [1.29, 1.82) is 0 Å². The minimum absolute atomic E-state index is 0.00631. The predicted molar refractivity (Wildman–Crippen MR) is 358 cm³/mol. The number of rotatable bonds is 48. The fourth-order valence-electron chi connectivity index (χ4n) is 9.91. The number of amides is 12. The van der Waals surface area contributed by atoms with Gasteiger partial charge in [0, 0.05) is 25.3 Å². The van der Waals surface area contributed by atoms with Crippen LogP contribution in [0.1, 0.15) is 122 Å². The number of hydrogen-bond acceptors (Lipinski definition) is 21. The Kier molecular flexibility index (Phi) is 40.6. The molecule has 1 aromatic carbocycles. The van der Waals surface area contributed by atoms with Crippen molar-refractivity contribution in [3.05, 3.63) is 29.8 Å². The van der Waals surface area contributed by atoms with Crippen molar-refractivity contribution in [3.63, 3.8) is 0 Å². The van der Waals surface area contributed by atoms with Gasteiger partial charge in [-0.25, -0.2) is 0 Å². The number of carbonyl (C=O) groups is 13. The molecule has 1 heterocycles. The number of aliphatic imine (C=N–C) groups is 1. The molecule has 0 spiro atoms. The highest BCUT2D eigenvalue weighted by Gasteiger charge is 2.38. The highest BCUT2D eigenvalue weighted by molar-refractivity contribution is 7.80. The third-order valence-electron chi connectivity index (χ3n) is 15.3. The monoisotopic (exact) mass is 1380 g/mol. The number of phenols is 1. The van der Waals surface area contributed by atoms with E-state index in [0.29, 0.717) is 63.4 Å². The SMILES string of the molecule is CC(C)[C@H](NC(=O)[C@H](CCCCN)NC(=O)[C@H](CCCN=C(N)N)NC(=O)[C@H](CCCCN)NC(=O)[C@H](CCCCN)NC(=O)[C@H](CCCCN)NC(=O)[C@@H]1CCCN1C(=O)CNC(=O)[C@H](Cc1ccc(O)cc1)NC(=O)CNC(=O)[C@@H](N)CS)C(=O)NCC(=O)NCC(=O)O. The Morgan fingerprint density at radius 3 is 1.42 bits per heavy atom. The summed E-state index contributed by atoms with van der Waals surface area (Å²) >= 11 is 3.98. The average Bonchev–Trinajstić information content (AvgIpc) is 1.56. The van der Waals surface area contributed by atoms with E-state index >= 15 is 0 Å². The van der Waals surface area contributed by atoms with E-state index in [2.05, 4.69) is 76.1 Å². The zero-order chi connectivity index (χ0) is 71.7. The van der Waals surface area contributed by atoms with E-state index in [9.17, 15) is 67.4 Å². The summed E-state index contributed by atoms with van der Waals surface area (Å²) in [5.74, 6) is -11.3. The lowest BCUT2D eigenvalue weighted by Crippen LogP contribution is -2.60. The Morgan fingerprint density at radius 1 is 0.531 bits per heavy atom. The molecule has 1 saturated heterocycles. The molecule has 1 aromatic rings. The summed E-state index contributed by atoms with van der Waals surface area (Å²) in [6.45, 7) is 1.85. The predicted octanol–water partition coefficient (Wildman–Crippen LogP) is -6.65. The maximum absolute atomic E-state index is 14.6. The van der Waals surface area contributed by atoms with E-state index in [0.717, 1.165) is 0 Å². The van der Waals surface area contributed by atoms with Crippen molar-refractivity contribution in [2.45, 2.75) is 177 Å². The molecule has 9 atom stereocenters. The van der Waals surface area contributed by atoms with Crippen molar-refractivity contribution >= 4 is 95.4 Å². The Labute approximate surface area is 564 Å². The molecule has 96 heavy (non-hydrogen) atoms. The highest BCUT2D eigenvalue weighted by atomic mass is 32.1. The topological polar surface area (TPSA) is 592 Å². The Balaban J connectivity index is 2.42. The molecular formula is C60H104N20O15S. The van der Waals surface area contributed by atoms with Crippen molar-refractivity contribution < 1.29 is 72.5 Å². The third kappa shape index (κ3) is 32.8. The van der Waals surface area contributed by atoms with E-state index < -0.39 is 163 Å². The van der Waals surface area contributed by atoms with Crippen LogP contribution in [0, 0.1) is 5.92 Å². The number of carbonyl (C=O) groups excluding carboxylic acids is 12. The first-order valence-corrected chi connectivity index (χ1v) is 33.1. The summed E-state index contributed by atoms with van der Waals surface area (Å²) in [4.78, 5) is 181. The fourth-order valence-corrected chi connectivity index (χ4v) is 10.1. The zero-order valence-corrected chi connectivity index (χ0v) is 55.9. The molecule has 1 aliphatic rings. The Bertz CT molecular complexity index is 2730. The number of carboxylic acid groups (broad SMARTS) is 1. The van der Waals surface area contributed by atoms with Crippen LogP contribution < -0.4 is 98.6 Å². The molecule has 0 aromatic heterocycles. The molecular weight excluding hydrogens is 1270 g/mol. The number of aliphatic carboxylic acids is 1. The van der Waals surface area contributed by atoms with Crippen LogP contribution >= 0.6 is 12.6 Å². The summed E-state index contributed by atoms with van der Waals surface area (Å²) in [6, 6.07) is -5.46. The van der Waals surface area contributed by atoms with Crippen LogP contribution in [0.5, 0.6) is 5.75 Å². The van der Waals surface area contributed by atoms with E-state index in [1.54, 1.807) is 13.8 Å². The molecule has 540 valence electrons. The van der Waals surface area contributed by atoms with Crippen LogP contribution in [0.25, 0.3) is 0 Å². The number of aromatic hydroxyl groups is 1. The number of benzene rings is 1. The van der Waals surface area contributed by atoms with Crippen molar-refractivity contribution in [1.82, 2.24) is 63.4 Å². The second-order valence-corrected chi connectivity index (χ2v) is 23.8. The number of unbranched alkanes of at least 4 members (excludes halogenated alkanes) is 4. The Morgan fingerprint density at radius 2 is 0.969 bits per heavy atom. The van der Waals surface area contributed by atoms with Gasteiger partial charge in [0.15, 0.2) is 5.96 Å². The van der Waals surface area contributed by atoms with Gasteiger partial charge in [-0.2, -0.15) is 12.6 Å². The van der Waals surface area contributed by atoms with Crippen LogP contribution in [0.2, 0.25) is 0 Å². The minimum Gasteiger partial charge on any atom is -0.508 e. The average molecular weight is 1380 g/mol. The van der Waals surface area contributed by atoms with Gasteiger partial charge in [0.2, 0.25) is 70.9 Å². The Hall–Kier alpha value is -8.45. The summed E-state index contributed by atoms with van der Waals surface area (Å²) in [6.07, 6.45) is 3.55. The minimum atomic E-state index is -1.40. The number of nitrogens with one attached hydrogen (secondary N) is 11. The van der Waals surface area contributed by atoms with Crippen molar-refractivity contribution in [2.75, 3.05) is 71.2 Å². The first kappa shape index (κ1) is 83.6. The lowest BCUT2D eigenvalue weighted by Gasteiger charge is -2.29. The summed E-state index contributed by atoms with van der Waals surface area (Å²) in [5.41, 5.74) is 40.6. The standard InChI is InChI=1S/C60H104N20O15S/c1-35(2)50(59(95)71-30-46(82)69-33-49(85)86)79-57(93)42(16-6-10-26-64)76-56(92)43(17-11-27-68-60(66)67)77-54(90)40(14-4-8-24-62)74-53(89)39(13-3-7-23-61)75-55(91)41(15-5-9-25-63)78-58(94)45-18-12-28-80(45)48(84)32-72-52(88)44(29-36-19-21-37(81)22-20-36)73-47(83)31-70-51(87)38(65)34-96/h19-22,35,38-45,50,81,96H,3-18,23-34,61-65H2,1-2H3,(H,69,82)(H,70,87)(H,71,95)(H,72,88)(H,73,83)(H,74,89)(H,75,91)(H,76,92)(H,77,90)(H,78,94)(H,79,93)(H,85,86)(H4,66,67,68)/t38-,39-,40-,41-,42-,43-,44-,45-,50-/m0/s1. The first-order chi connectivity index (χ1) is 45.7. The van der Waals surface area contributed by atoms with E-state index in [4.69, 9.17) is 45.2 Å². The van der Waals surface area contributed by atoms with Gasteiger partial charge in [0.05, 0.1) is 25.7 Å². The number of likely N-dealkylation sites (tertiary alicyclic amines) is 1. The normalized spacial score (nSPS) is 15.1. The van der Waals surface area contributed by atoms with Gasteiger partial charge >= 0.3 is 5.97 Å². The summed E-state index contributed by atoms with van der Waals surface area (Å²) < 4.78 is 0. The first-order valence-electron chi connectivity index (χ1n) is 32.4. The molecule has 0 bridgehead atoms. The number of phenolic OH excluding ortho intramolecular Hbond substituents is 1. The summed E-state index contributed by atoms with van der Waals surface area (Å²) in [7, 11) is 0. The van der Waals surface area contributed by atoms with Gasteiger partial charge in [-0.3, -0.25) is 67.3 Å². The number of hydrogen-bond donors (Lipinski definition) is 21. The second kappa shape index (κ2) is 46.6. The number of carboxylic acids is 1. The second-order valence-electron chi connectivity index (χ2n) is 23.5. The molecule has 35 nitrogen and oxygen atoms in total. The maximum atomic E-state index is 14.6. The lowest BCUT2D eigenvalue weighted by atomic mass is 10.0. The van der Waals surface area contributed by atoms with Crippen LogP contribution in [0.15, 0.2) is 29.3 Å². The largest absolute Gasteiger partial charge is 0.508 e. The van der Waals surface area contributed by atoms with E-state index in [1.807, 2.05) is 0 Å². The van der Waals surface area contributed by atoms with E-state index in [1.165, 1.54) is 29.2 Å². The smallest absolute Gasteiger partial charge is 0.322 e. The number of nitrogens with two attached hydrogens (primary N) is 7. The maximum Gasteiger partial charge on any atom is 0.322 e. The zero-order valence-electron chi connectivity index (χ0n) is 55.0. The number of guanidine groups is 1. The molecule has 0 radical (unpaired) electrons. The molecule has 1 fully saturated rings. The molecule has 12 amide bonds. The van der Waals surface area contributed by atoms with Gasteiger partial charge in [-0.05, 0) is 153 Å². The van der Waals surface area contributed by atoms with Gasteiger partial charge in [-0.1, -0.05) is 26.0 Å².